The molecule has 2 rings (SSSR count). The van der Waals surface area contributed by atoms with Crippen molar-refractivity contribution in [3.63, 3.8) is 0 Å². The second-order valence-electron chi connectivity index (χ2n) is 3.44. The van der Waals surface area contributed by atoms with Crippen LogP contribution in [0.15, 0.2) is 6.07 Å². The summed E-state index contributed by atoms with van der Waals surface area (Å²) >= 11 is 0. The summed E-state index contributed by atoms with van der Waals surface area (Å²) in [6.07, 6.45) is 0. The highest BCUT2D eigenvalue weighted by Crippen LogP contribution is 2.23. The lowest BCUT2D eigenvalue weighted by Crippen LogP contribution is -2.02. The van der Waals surface area contributed by atoms with Gasteiger partial charge in [-0.1, -0.05) is 0 Å². The van der Waals surface area contributed by atoms with E-state index in [2.05, 4.69) is 10.1 Å². The molecular formula is C10H14N4O. The van der Waals surface area contributed by atoms with E-state index < -0.39 is 0 Å². The van der Waals surface area contributed by atoms with E-state index in [0.717, 1.165) is 22.3 Å². The van der Waals surface area contributed by atoms with Crippen LogP contribution in [-0.4, -0.2) is 21.9 Å². The van der Waals surface area contributed by atoms with Gasteiger partial charge in [-0.15, -0.1) is 0 Å². The molecule has 80 valence electrons. The molecule has 5 heteroatoms. The largest absolute Gasteiger partial charge is 0.481 e. The molecule has 0 aliphatic carbocycles. The molecule has 0 bridgehead atoms. The maximum atomic E-state index is 5.63. The van der Waals surface area contributed by atoms with Gasteiger partial charge in [-0.2, -0.15) is 10.1 Å². The lowest BCUT2D eigenvalue weighted by molar-refractivity contribution is 0.394. The average Bonchev–Trinajstić information content (AvgIpc) is 2.52. The van der Waals surface area contributed by atoms with Crippen LogP contribution in [0, 0.1) is 6.92 Å². The fourth-order valence-corrected chi connectivity index (χ4v) is 1.69. The number of methoxy groups -OCH3 is 1. The van der Waals surface area contributed by atoms with Gasteiger partial charge < -0.3 is 10.5 Å². The summed E-state index contributed by atoms with van der Waals surface area (Å²) in [6, 6.07) is 1.99. The molecule has 2 aromatic rings. The molecule has 2 N–H and O–H groups in total. The van der Waals surface area contributed by atoms with Crippen molar-refractivity contribution in [2.75, 3.05) is 7.11 Å². The van der Waals surface area contributed by atoms with Crippen molar-refractivity contribution in [1.29, 1.82) is 0 Å². The Morgan fingerprint density at radius 1 is 1.53 bits per heavy atom. The molecule has 0 fully saturated rings. The molecule has 5 nitrogen and oxygen atoms in total. The van der Waals surface area contributed by atoms with Crippen molar-refractivity contribution < 1.29 is 4.74 Å². The van der Waals surface area contributed by atoms with Gasteiger partial charge in [-0.05, 0) is 13.0 Å². The zero-order valence-corrected chi connectivity index (χ0v) is 9.11. The van der Waals surface area contributed by atoms with Crippen molar-refractivity contribution in [2.45, 2.75) is 13.5 Å². The summed E-state index contributed by atoms with van der Waals surface area (Å²) in [5.41, 5.74) is 8.31. The van der Waals surface area contributed by atoms with Crippen LogP contribution < -0.4 is 10.5 Å². The van der Waals surface area contributed by atoms with Gasteiger partial charge in [0.2, 0.25) is 5.88 Å². The van der Waals surface area contributed by atoms with Crippen LogP contribution in [0.4, 0.5) is 0 Å². The van der Waals surface area contributed by atoms with Crippen molar-refractivity contribution in [1.82, 2.24) is 14.8 Å². The first-order valence-electron chi connectivity index (χ1n) is 4.74. The standard InChI is InChI=1S/C10H14N4O/c1-6-8-4-7(5-11)10(15-3)12-9(8)14(2)13-6/h4H,5,11H2,1-3H3. The monoisotopic (exact) mass is 206 g/mol. The van der Waals surface area contributed by atoms with Crippen molar-refractivity contribution >= 4 is 11.0 Å². The molecule has 0 aliphatic heterocycles. The summed E-state index contributed by atoms with van der Waals surface area (Å²) in [4.78, 5) is 4.38. The van der Waals surface area contributed by atoms with E-state index in [1.165, 1.54) is 0 Å². The molecule has 0 saturated heterocycles. The van der Waals surface area contributed by atoms with E-state index in [0.29, 0.717) is 12.4 Å². The van der Waals surface area contributed by atoms with Crippen LogP contribution in [0.3, 0.4) is 0 Å². The first-order chi connectivity index (χ1) is 7.17. The Bertz CT molecular complexity index is 460. The van der Waals surface area contributed by atoms with Crippen LogP contribution >= 0.6 is 0 Å². The number of hydrogen-bond acceptors (Lipinski definition) is 4. The van der Waals surface area contributed by atoms with E-state index in [-0.39, 0.29) is 0 Å². The Balaban J connectivity index is 2.77. The Kier molecular flexibility index (Phi) is 2.32. The van der Waals surface area contributed by atoms with Gasteiger partial charge in [0, 0.05) is 24.5 Å². The van der Waals surface area contributed by atoms with Crippen LogP contribution in [0.1, 0.15) is 11.3 Å². The molecule has 0 atom stereocenters. The quantitative estimate of drug-likeness (QED) is 0.787. The van der Waals surface area contributed by atoms with Gasteiger partial charge in [0.1, 0.15) is 0 Å². The molecule has 2 heterocycles. The second-order valence-corrected chi connectivity index (χ2v) is 3.44. The first kappa shape index (κ1) is 9.92. The number of fused-ring (bicyclic) bond motifs is 1. The number of hydrogen-bond donors (Lipinski definition) is 1. The number of nitrogens with two attached hydrogens (primary N) is 1. The maximum Gasteiger partial charge on any atom is 0.219 e. The Morgan fingerprint density at radius 3 is 2.87 bits per heavy atom. The van der Waals surface area contributed by atoms with Crippen molar-refractivity contribution in [3.8, 4) is 5.88 Å². The lowest BCUT2D eigenvalue weighted by atomic mass is 10.2. The summed E-state index contributed by atoms with van der Waals surface area (Å²) < 4.78 is 6.92. The van der Waals surface area contributed by atoms with Crippen LogP contribution in [0.2, 0.25) is 0 Å². The number of aryl methyl sites for hydroxylation is 2. The molecule has 0 spiro atoms. The third kappa shape index (κ3) is 1.45. The normalized spacial score (nSPS) is 10.9. The molecule has 0 aromatic carbocycles. The SMILES string of the molecule is COc1nc2c(cc1CN)c(C)nn2C. The van der Waals surface area contributed by atoms with E-state index in [1.54, 1.807) is 11.8 Å². The Labute approximate surface area is 87.9 Å². The minimum atomic E-state index is 0.417. The fraction of sp³-hybridized carbons (Fsp3) is 0.400. The van der Waals surface area contributed by atoms with Gasteiger partial charge in [0.05, 0.1) is 12.8 Å². The number of aromatic nitrogens is 3. The van der Waals surface area contributed by atoms with Crippen LogP contribution in [0.25, 0.3) is 11.0 Å². The number of rotatable bonds is 2. The summed E-state index contributed by atoms with van der Waals surface area (Å²) in [7, 11) is 3.46. The molecule has 2 aromatic heterocycles. The van der Waals surface area contributed by atoms with Gasteiger partial charge >= 0.3 is 0 Å². The lowest BCUT2D eigenvalue weighted by Gasteiger charge is -2.05. The van der Waals surface area contributed by atoms with E-state index in [9.17, 15) is 0 Å². The predicted molar refractivity (Wildman–Crippen MR) is 57.7 cm³/mol. The predicted octanol–water partition coefficient (Wildman–Crippen LogP) is 0.744. The van der Waals surface area contributed by atoms with Gasteiger partial charge in [-0.25, -0.2) is 0 Å². The van der Waals surface area contributed by atoms with Crippen LogP contribution in [0.5, 0.6) is 5.88 Å². The molecule has 15 heavy (non-hydrogen) atoms. The van der Waals surface area contributed by atoms with E-state index in [4.69, 9.17) is 10.5 Å². The smallest absolute Gasteiger partial charge is 0.219 e. The minimum absolute atomic E-state index is 0.417. The highest BCUT2D eigenvalue weighted by Gasteiger charge is 2.11. The van der Waals surface area contributed by atoms with Crippen molar-refractivity contribution in [3.05, 3.63) is 17.3 Å². The minimum Gasteiger partial charge on any atom is -0.481 e. The number of nitrogens with zero attached hydrogens (tertiary/aromatic N) is 3. The van der Waals surface area contributed by atoms with Crippen molar-refractivity contribution in [2.24, 2.45) is 12.8 Å². The summed E-state index contributed by atoms with van der Waals surface area (Å²) in [5, 5.41) is 5.33. The van der Waals surface area contributed by atoms with E-state index >= 15 is 0 Å². The highest BCUT2D eigenvalue weighted by molar-refractivity contribution is 5.79. The van der Waals surface area contributed by atoms with Gasteiger partial charge in [0.25, 0.3) is 0 Å². The third-order valence-electron chi connectivity index (χ3n) is 2.45. The first-order valence-corrected chi connectivity index (χ1v) is 4.74. The zero-order valence-electron chi connectivity index (χ0n) is 9.11. The zero-order chi connectivity index (χ0) is 11.0. The topological polar surface area (TPSA) is 66.0 Å². The third-order valence-corrected chi connectivity index (χ3v) is 2.45. The summed E-state index contributed by atoms with van der Waals surface area (Å²) in [5.74, 6) is 0.577. The second kappa shape index (κ2) is 3.51. The number of ether oxygens (including phenoxy) is 1. The number of pyridine rings is 1. The summed E-state index contributed by atoms with van der Waals surface area (Å²) in [6.45, 7) is 2.37. The fourth-order valence-electron chi connectivity index (χ4n) is 1.69. The van der Waals surface area contributed by atoms with Gasteiger partial charge in [-0.3, -0.25) is 4.68 Å². The maximum absolute atomic E-state index is 5.63. The molecule has 0 amide bonds. The average molecular weight is 206 g/mol. The van der Waals surface area contributed by atoms with Crippen LogP contribution in [-0.2, 0) is 13.6 Å². The highest BCUT2D eigenvalue weighted by atomic mass is 16.5. The molecule has 0 aliphatic rings. The molecule has 0 radical (unpaired) electrons. The van der Waals surface area contributed by atoms with Gasteiger partial charge in [0.15, 0.2) is 5.65 Å². The molecular weight excluding hydrogens is 192 g/mol. The molecule has 0 unspecified atom stereocenters. The Morgan fingerprint density at radius 2 is 2.27 bits per heavy atom. The Hall–Kier alpha value is -1.62. The van der Waals surface area contributed by atoms with E-state index in [1.807, 2.05) is 20.0 Å². The molecule has 0 saturated carbocycles.